The number of benzene rings is 1. The first kappa shape index (κ1) is 14.0. The van der Waals surface area contributed by atoms with Crippen LogP contribution in [0.25, 0.3) is 11.1 Å². The average molecular weight is 315 g/mol. The van der Waals surface area contributed by atoms with Crippen molar-refractivity contribution >= 4 is 17.1 Å². The molecule has 1 fully saturated rings. The maximum absolute atomic E-state index is 5.75. The number of ether oxygens (including phenoxy) is 2. The molecule has 1 aromatic carbocycles. The molecular weight excluding hydrogens is 298 g/mol. The van der Waals surface area contributed by atoms with Crippen LogP contribution >= 0.6 is 0 Å². The lowest BCUT2D eigenvalue weighted by atomic mass is 10.0. The van der Waals surface area contributed by atoms with Crippen LogP contribution in [0.1, 0.15) is 18.3 Å². The fraction of sp³-hybridized carbons (Fsp3) is 0.400. The summed E-state index contributed by atoms with van der Waals surface area (Å²) >= 11 is 0. The molecular formula is C15H17N5O3. The molecule has 2 N–H and O–H groups in total. The van der Waals surface area contributed by atoms with Crippen LogP contribution in [0.4, 0.5) is 6.01 Å². The van der Waals surface area contributed by atoms with Crippen molar-refractivity contribution in [2.24, 2.45) is 5.92 Å². The van der Waals surface area contributed by atoms with Crippen molar-refractivity contribution < 1.29 is 13.9 Å². The number of aromatic amines is 1. The van der Waals surface area contributed by atoms with Crippen LogP contribution in [0, 0.1) is 5.92 Å². The van der Waals surface area contributed by atoms with E-state index < -0.39 is 0 Å². The Bertz CT molecular complexity index is 786. The number of H-pyrrole nitrogens is 1. The highest BCUT2D eigenvalue weighted by atomic mass is 16.5. The van der Waals surface area contributed by atoms with Crippen LogP contribution < -0.4 is 10.1 Å². The van der Waals surface area contributed by atoms with Crippen molar-refractivity contribution in [3.63, 3.8) is 0 Å². The SMILES string of the molecule is COc1ccc2oc(NC[C@@H]3CCO[C@@H]3c3ncn[nH]3)nc2c1. The minimum atomic E-state index is -0.0746. The lowest BCUT2D eigenvalue weighted by molar-refractivity contribution is 0.0863. The molecule has 120 valence electrons. The molecule has 0 bridgehead atoms. The molecule has 2 aromatic heterocycles. The summed E-state index contributed by atoms with van der Waals surface area (Å²) in [5.41, 5.74) is 1.49. The van der Waals surface area contributed by atoms with Crippen molar-refractivity contribution in [2.75, 3.05) is 25.6 Å². The third-order valence-electron chi connectivity index (χ3n) is 4.03. The Hall–Kier alpha value is -2.61. The van der Waals surface area contributed by atoms with Gasteiger partial charge in [-0.15, -0.1) is 0 Å². The van der Waals surface area contributed by atoms with E-state index in [-0.39, 0.29) is 12.0 Å². The van der Waals surface area contributed by atoms with Crippen molar-refractivity contribution in [3.05, 3.63) is 30.4 Å². The monoisotopic (exact) mass is 315 g/mol. The molecule has 4 rings (SSSR count). The zero-order valence-corrected chi connectivity index (χ0v) is 12.7. The van der Waals surface area contributed by atoms with Gasteiger partial charge in [-0.25, -0.2) is 4.98 Å². The number of hydrogen-bond acceptors (Lipinski definition) is 7. The van der Waals surface area contributed by atoms with E-state index in [0.717, 1.165) is 29.1 Å². The molecule has 3 aromatic rings. The van der Waals surface area contributed by atoms with E-state index in [0.29, 0.717) is 19.2 Å². The highest BCUT2D eigenvalue weighted by Crippen LogP contribution is 2.32. The summed E-state index contributed by atoms with van der Waals surface area (Å²) in [4.78, 5) is 8.62. The molecule has 0 amide bonds. The molecule has 8 nitrogen and oxygen atoms in total. The van der Waals surface area contributed by atoms with Gasteiger partial charge in [0.1, 0.15) is 23.7 Å². The fourth-order valence-corrected chi connectivity index (χ4v) is 2.83. The molecule has 1 saturated heterocycles. The second-order valence-corrected chi connectivity index (χ2v) is 5.44. The lowest BCUT2D eigenvalue weighted by Gasteiger charge is -2.15. The number of nitrogens with zero attached hydrogens (tertiary/aromatic N) is 3. The van der Waals surface area contributed by atoms with Gasteiger partial charge in [0.25, 0.3) is 6.01 Å². The molecule has 0 saturated carbocycles. The van der Waals surface area contributed by atoms with Gasteiger partial charge in [0, 0.05) is 25.1 Å². The maximum atomic E-state index is 5.75. The molecule has 23 heavy (non-hydrogen) atoms. The first-order valence-electron chi connectivity index (χ1n) is 7.49. The van der Waals surface area contributed by atoms with Crippen molar-refractivity contribution in [2.45, 2.75) is 12.5 Å². The predicted molar refractivity (Wildman–Crippen MR) is 82.2 cm³/mol. The van der Waals surface area contributed by atoms with E-state index in [1.54, 1.807) is 7.11 Å². The van der Waals surface area contributed by atoms with Gasteiger partial charge in [0.2, 0.25) is 0 Å². The van der Waals surface area contributed by atoms with Crippen LogP contribution in [-0.4, -0.2) is 40.4 Å². The normalized spacial score (nSPS) is 20.9. The molecule has 2 atom stereocenters. The van der Waals surface area contributed by atoms with Gasteiger partial charge >= 0.3 is 0 Å². The summed E-state index contributed by atoms with van der Waals surface area (Å²) in [6.07, 6.45) is 2.37. The second kappa shape index (κ2) is 5.88. The van der Waals surface area contributed by atoms with Gasteiger partial charge in [-0.1, -0.05) is 0 Å². The number of nitrogens with one attached hydrogen (secondary N) is 2. The minimum Gasteiger partial charge on any atom is -0.497 e. The van der Waals surface area contributed by atoms with Crippen LogP contribution in [-0.2, 0) is 4.74 Å². The first-order chi connectivity index (χ1) is 11.3. The highest BCUT2D eigenvalue weighted by Gasteiger charge is 2.31. The van der Waals surface area contributed by atoms with E-state index in [9.17, 15) is 0 Å². The van der Waals surface area contributed by atoms with Gasteiger partial charge in [-0.3, -0.25) is 5.10 Å². The quantitative estimate of drug-likeness (QED) is 0.744. The molecule has 0 radical (unpaired) electrons. The number of oxazole rings is 1. The zero-order valence-electron chi connectivity index (χ0n) is 12.7. The number of fused-ring (bicyclic) bond motifs is 1. The molecule has 0 aliphatic carbocycles. The second-order valence-electron chi connectivity index (χ2n) is 5.44. The summed E-state index contributed by atoms with van der Waals surface area (Å²) in [5, 5.41) is 10.0. The maximum Gasteiger partial charge on any atom is 0.295 e. The summed E-state index contributed by atoms with van der Waals surface area (Å²) < 4.78 is 16.6. The number of hydrogen-bond donors (Lipinski definition) is 2. The third kappa shape index (κ3) is 2.72. The Morgan fingerprint density at radius 2 is 2.39 bits per heavy atom. The van der Waals surface area contributed by atoms with Crippen molar-refractivity contribution in [1.82, 2.24) is 20.2 Å². The molecule has 3 heterocycles. The van der Waals surface area contributed by atoms with Crippen LogP contribution in [0.15, 0.2) is 28.9 Å². The molecule has 0 spiro atoms. The van der Waals surface area contributed by atoms with E-state index in [1.807, 2.05) is 18.2 Å². The van der Waals surface area contributed by atoms with E-state index in [4.69, 9.17) is 13.9 Å². The smallest absolute Gasteiger partial charge is 0.295 e. The number of rotatable bonds is 5. The summed E-state index contributed by atoms with van der Waals surface area (Å²) in [5.74, 6) is 1.80. The predicted octanol–water partition coefficient (Wildman–Crippen LogP) is 2.14. The van der Waals surface area contributed by atoms with Gasteiger partial charge in [0.15, 0.2) is 11.4 Å². The van der Waals surface area contributed by atoms with Gasteiger partial charge < -0.3 is 19.2 Å². The number of anilines is 1. The largest absolute Gasteiger partial charge is 0.497 e. The van der Waals surface area contributed by atoms with Crippen LogP contribution in [0.3, 0.4) is 0 Å². The van der Waals surface area contributed by atoms with Gasteiger partial charge in [-0.2, -0.15) is 10.1 Å². The number of methoxy groups -OCH3 is 1. The Labute approximate surface area is 132 Å². The van der Waals surface area contributed by atoms with E-state index in [1.165, 1.54) is 6.33 Å². The Morgan fingerprint density at radius 1 is 1.43 bits per heavy atom. The topological polar surface area (TPSA) is 98.1 Å². The molecule has 0 unspecified atom stereocenters. The highest BCUT2D eigenvalue weighted by molar-refractivity contribution is 5.76. The molecule has 1 aliphatic heterocycles. The molecule has 1 aliphatic rings. The Kier molecular flexibility index (Phi) is 3.58. The number of aromatic nitrogens is 4. The minimum absolute atomic E-state index is 0.0746. The van der Waals surface area contributed by atoms with Crippen LogP contribution in [0.2, 0.25) is 0 Å². The lowest BCUT2D eigenvalue weighted by Crippen LogP contribution is -2.18. The summed E-state index contributed by atoms with van der Waals surface area (Å²) in [7, 11) is 1.63. The van der Waals surface area contributed by atoms with Gasteiger partial charge in [0.05, 0.1) is 7.11 Å². The van der Waals surface area contributed by atoms with E-state index in [2.05, 4.69) is 25.5 Å². The average Bonchev–Trinajstić information content (AvgIpc) is 3.30. The summed E-state index contributed by atoms with van der Waals surface area (Å²) in [6, 6.07) is 6.04. The van der Waals surface area contributed by atoms with Crippen molar-refractivity contribution in [1.29, 1.82) is 0 Å². The summed E-state index contributed by atoms with van der Waals surface area (Å²) in [6.45, 7) is 1.40. The third-order valence-corrected chi connectivity index (χ3v) is 4.03. The fourth-order valence-electron chi connectivity index (χ4n) is 2.83. The Balaban J connectivity index is 1.46. The zero-order chi connectivity index (χ0) is 15.6. The first-order valence-corrected chi connectivity index (χ1v) is 7.49. The van der Waals surface area contributed by atoms with Crippen molar-refractivity contribution in [3.8, 4) is 5.75 Å². The van der Waals surface area contributed by atoms with E-state index >= 15 is 0 Å². The Morgan fingerprint density at radius 3 is 3.22 bits per heavy atom. The molecule has 8 heteroatoms. The standard InChI is InChI=1S/C15H17N5O3/c1-21-10-2-3-12-11(6-10)19-15(23-12)16-7-9-4-5-22-13(9)14-17-8-18-20-14/h2-3,6,8-9,13H,4-5,7H2,1H3,(H,16,19)(H,17,18,20)/t9-,13-/m0/s1. The van der Waals surface area contributed by atoms with Gasteiger partial charge in [-0.05, 0) is 18.6 Å². The van der Waals surface area contributed by atoms with Crippen LogP contribution in [0.5, 0.6) is 5.75 Å².